The summed E-state index contributed by atoms with van der Waals surface area (Å²) in [5.74, 6) is -1.01. The summed E-state index contributed by atoms with van der Waals surface area (Å²) in [5, 5.41) is 39.5. The summed E-state index contributed by atoms with van der Waals surface area (Å²) in [6.07, 6.45) is -3.79. The summed E-state index contributed by atoms with van der Waals surface area (Å²) in [6, 6.07) is 11.9. The normalized spacial score (nSPS) is 23.5. The number of imidazole rings is 1. The molecule has 0 aliphatic carbocycles. The first-order valence-electron chi connectivity index (χ1n) is 12.3. The zero-order valence-corrected chi connectivity index (χ0v) is 22.6. The number of nitrogen functional groups attached to an aromatic ring is 1. The summed E-state index contributed by atoms with van der Waals surface area (Å²) < 4.78 is 12.9. The minimum atomic E-state index is -1.40. The van der Waals surface area contributed by atoms with E-state index in [1.54, 1.807) is 0 Å². The Kier molecular flexibility index (Phi) is 7.97. The maximum absolute atomic E-state index is 11.4. The zero-order valence-electron chi connectivity index (χ0n) is 20.8. The number of aliphatic hydroxyl groups is 3. The van der Waals surface area contributed by atoms with Gasteiger partial charge >= 0.3 is 0 Å². The van der Waals surface area contributed by atoms with Gasteiger partial charge in [0.1, 0.15) is 30.5 Å². The number of nitrogens with two attached hydrogens (primary N) is 1. The minimum absolute atomic E-state index is 0.0300. The summed E-state index contributed by atoms with van der Waals surface area (Å²) in [4.78, 5) is 12.3. The predicted octanol–water partition coefficient (Wildman–Crippen LogP) is 1.99. The number of hydrogen-bond donors (Lipinski definition) is 5. The Morgan fingerprint density at radius 3 is 2.79 bits per heavy atom. The highest BCUT2D eigenvalue weighted by atomic mass is 35.5. The molecule has 202 valence electrons. The second kappa shape index (κ2) is 11.2. The van der Waals surface area contributed by atoms with Gasteiger partial charge in [-0.3, -0.25) is 4.57 Å². The molecule has 0 amide bonds. The lowest BCUT2D eigenvalue weighted by Gasteiger charge is -2.25. The van der Waals surface area contributed by atoms with Gasteiger partial charge in [0, 0.05) is 23.6 Å². The Bertz CT molecular complexity index is 1440. The van der Waals surface area contributed by atoms with E-state index in [-0.39, 0.29) is 36.9 Å². The standard InChI is InChI=1S/C25H30ClN6O5P/c1-3-36-10-12(2)30-15-9-8-13-6-4-5-7-14(13)20(15)38-24(35)19-17(33)18(34)23(37-19)32-22-16(31-25(32)26)21(27)28-11-29-22/h4-9,11-12,17-19,23-24,30,33-35,38H,3,10H2,1-2H3,(H2,27,28,29)/t12-,17-,18+,19-,23+,24?/m0/s1. The number of hydrogen-bond acceptors (Lipinski definition) is 10. The van der Waals surface area contributed by atoms with Crippen molar-refractivity contribution in [2.45, 2.75) is 50.3 Å². The molecule has 0 radical (unpaired) electrons. The highest BCUT2D eigenvalue weighted by Crippen LogP contribution is 2.40. The predicted molar refractivity (Wildman–Crippen MR) is 148 cm³/mol. The van der Waals surface area contributed by atoms with E-state index in [2.05, 4.69) is 20.3 Å². The number of rotatable bonds is 9. The molecular weight excluding hydrogens is 531 g/mol. The van der Waals surface area contributed by atoms with Gasteiger partial charge in [-0.2, -0.15) is 0 Å². The van der Waals surface area contributed by atoms with Crippen LogP contribution in [0.25, 0.3) is 21.9 Å². The number of halogens is 1. The van der Waals surface area contributed by atoms with Crippen molar-refractivity contribution in [2.24, 2.45) is 0 Å². The van der Waals surface area contributed by atoms with Crippen molar-refractivity contribution in [1.29, 1.82) is 0 Å². The lowest BCUT2D eigenvalue weighted by Crippen LogP contribution is -2.37. The highest BCUT2D eigenvalue weighted by molar-refractivity contribution is 7.49. The fraction of sp³-hybridized carbons (Fsp3) is 0.400. The van der Waals surface area contributed by atoms with E-state index in [4.69, 9.17) is 26.8 Å². The van der Waals surface area contributed by atoms with E-state index < -0.39 is 30.4 Å². The van der Waals surface area contributed by atoms with E-state index in [0.29, 0.717) is 13.2 Å². The molecule has 0 bridgehead atoms. The monoisotopic (exact) mass is 560 g/mol. The van der Waals surface area contributed by atoms with Crippen molar-refractivity contribution in [3.63, 3.8) is 0 Å². The van der Waals surface area contributed by atoms with Crippen LogP contribution in [0.2, 0.25) is 5.28 Å². The number of benzene rings is 2. The maximum atomic E-state index is 11.4. The Morgan fingerprint density at radius 1 is 1.21 bits per heavy atom. The number of aliphatic hydroxyl groups excluding tert-OH is 3. The van der Waals surface area contributed by atoms with Crippen LogP contribution < -0.4 is 16.4 Å². The van der Waals surface area contributed by atoms with Gasteiger partial charge in [0.2, 0.25) is 5.28 Å². The van der Waals surface area contributed by atoms with Crippen LogP contribution in [0.3, 0.4) is 0 Å². The van der Waals surface area contributed by atoms with Crippen molar-refractivity contribution in [3.8, 4) is 0 Å². The second-order valence-corrected chi connectivity index (χ2v) is 10.9. The molecule has 1 saturated heterocycles. The lowest BCUT2D eigenvalue weighted by molar-refractivity contribution is -0.0599. The number of ether oxygens (including phenoxy) is 2. The van der Waals surface area contributed by atoms with E-state index >= 15 is 0 Å². The highest BCUT2D eigenvalue weighted by Gasteiger charge is 2.48. The number of nitrogens with one attached hydrogen (secondary N) is 1. The van der Waals surface area contributed by atoms with Crippen molar-refractivity contribution in [3.05, 3.63) is 48.0 Å². The number of anilines is 2. The molecule has 4 aromatic rings. The molecule has 11 nitrogen and oxygen atoms in total. The van der Waals surface area contributed by atoms with Crippen LogP contribution in [0.4, 0.5) is 11.5 Å². The Morgan fingerprint density at radius 2 is 2.00 bits per heavy atom. The average molecular weight is 561 g/mol. The first kappa shape index (κ1) is 27.0. The molecule has 7 atom stereocenters. The summed E-state index contributed by atoms with van der Waals surface area (Å²) in [7, 11) is -0.174. The molecule has 38 heavy (non-hydrogen) atoms. The van der Waals surface area contributed by atoms with Crippen LogP contribution in [-0.2, 0) is 9.47 Å². The van der Waals surface area contributed by atoms with Gasteiger partial charge in [-0.05, 0) is 42.3 Å². The van der Waals surface area contributed by atoms with E-state index in [9.17, 15) is 15.3 Å². The van der Waals surface area contributed by atoms with Crippen molar-refractivity contribution in [1.82, 2.24) is 19.5 Å². The number of nitrogens with zero attached hydrogens (tertiary/aromatic N) is 4. The number of aromatic nitrogens is 4. The van der Waals surface area contributed by atoms with Gasteiger partial charge in [-0.25, -0.2) is 15.0 Å². The number of fused-ring (bicyclic) bond motifs is 2. The van der Waals surface area contributed by atoms with Crippen molar-refractivity contribution >= 4 is 58.9 Å². The SMILES string of the molecule is CCOC[C@H](C)Nc1ccc2ccccc2c1PC(O)[C@H]1O[C@@H](n2c(Cl)nc3c(N)ncnc32)[C@H](O)[C@@H]1O. The van der Waals surface area contributed by atoms with Gasteiger partial charge in [-0.1, -0.05) is 38.9 Å². The molecule has 0 saturated carbocycles. The van der Waals surface area contributed by atoms with Crippen molar-refractivity contribution < 1.29 is 24.8 Å². The Labute approximate surface area is 225 Å². The largest absolute Gasteiger partial charge is 0.387 e. The smallest absolute Gasteiger partial charge is 0.207 e. The summed E-state index contributed by atoms with van der Waals surface area (Å²) in [6.45, 7) is 5.11. The average Bonchev–Trinajstić information content (AvgIpc) is 3.40. The molecular formula is C25H30ClN6O5P. The fourth-order valence-electron chi connectivity index (χ4n) is 4.66. The first-order valence-corrected chi connectivity index (χ1v) is 13.7. The second-order valence-electron chi connectivity index (χ2n) is 9.16. The minimum Gasteiger partial charge on any atom is -0.387 e. The third-order valence-corrected chi connectivity index (χ3v) is 8.22. The molecule has 1 aliphatic heterocycles. The van der Waals surface area contributed by atoms with Gasteiger partial charge in [-0.15, -0.1) is 0 Å². The third-order valence-electron chi connectivity index (χ3n) is 6.50. The third kappa shape index (κ3) is 5.03. The first-order chi connectivity index (χ1) is 18.3. The lowest BCUT2D eigenvalue weighted by atomic mass is 10.1. The molecule has 0 spiro atoms. The summed E-state index contributed by atoms with van der Waals surface area (Å²) >= 11 is 6.34. The quantitative estimate of drug-likeness (QED) is 0.151. The van der Waals surface area contributed by atoms with Crippen LogP contribution in [0, 0.1) is 0 Å². The fourth-order valence-corrected chi connectivity index (χ4v) is 6.35. The van der Waals surface area contributed by atoms with Gasteiger partial charge in [0.15, 0.2) is 23.2 Å². The van der Waals surface area contributed by atoms with Gasteiger partial charge < -0.3 is 35.8 Å². The van der Waals surface area contributed by atoms with Crippen molar-refractivity contribution in [2.75, 3.05) is 24.3 Å². The molecule has 1 fully saturated rings. The molecule has 2 aromatic carbocycles. The van der Waals surface area contributed by atoms with Crippen LogP contribution in [0.15, 0.2) is 42.7 Å². The van der Waals surface area contributed by atoms with Crippen LogP contribution in [0.1, 0.15) is 20.1 Å². The molecule has 2 aromatic heterocycles. The zero-order chi connectivity index (χ0) is 27.0. The topological polar surface area (TPSA) is 161 Å². The molecule has 3 heterocycles. The van der Waals surface area contributed by atoms with Crippen LogP contribution in [0.5, 0.6) is 0 Å². The van der Waals surface area contributed by atoms with Gasteiger partial charge in [0.05, 0.1) is 6.61 Å². The summed E-state index contributed by atoms with van der Waals surface area (Å²) in [5.41, 5.74) is 7.25. The molecule has 1 aliphatic rings. The maximum Gasteiger partial charge on any atom is 0.207 e. The van der Waals surface area contributed by atoms with E-state index in [1.807, 2.05) is 50.2 Å². The van der Waals surface area contributed by atoms with Gasteiger partial charge in [0.25, 0.3) is 0 Å². The van der Waals surface area contributed by atoms with Crippen LogP contribution in [-0.4, -0.2) is 78.3 Å². The van der Waals surface area contributed by atoms with E-state index in [0.717, 1.165) is 21.8 Å². The Balaban J connectivity index is 1.44. The molecule has 6 N–H and O–H groups in total. The molecule has 5 rings (SSSR count). The molecule has 13 heteroatoms. The molecule has 2 unspecified atom stereocenters. The van der Waals surface area contributed by atoms with Crippen LogP contribution >= 0.6 is 20.2 Å². The van der Waals surface area contributed by atoms with E-state index in [1.165, 1.54) is 10.9 Å². The Hall–Kier alpha value is -2.63.